The van der Waals surface area contributed by atoms with Gasteiger partial charge < -0.3 is 8.94 Å². The van der Waals surface area contributed by atoms with Gasteiger partial charge in [-0.25, -0.2) is 0 Å². The molecule has 130 valence electrons. The van der Waals surface area contributed by atoms with Crippen LogP contribution in [0, 0.1) is 0 Å². The first kappa shape index (κ1) is 15.9. The molecule has 0 unspecified atom stereocenters. The van der Waals surface area contributed by atoms with Crippen molar-refractivity contribution >= 4 is 0 Å². The minimum Gasteiger partial charge on any atom is -0.461 e. The molecule has 3 aromatic rings. The van der Waals surface area contributed by atoms with Crippen LogP contribution in [0.1, 0.15) is 22.9 Å². The van der Waals surface area contributed by atoms with Crippen molar-refractivity contribution in [2.24, 2.45) is 0 Å². The molecule has 1 fully saturated rings. The first-order valence-electron chi connectivity index (χ1n) is 7.75. The largest absolute Gasteiger partial charge is 0.461 e. The highest BCUT2D eigenvalue weighted by Gasteiger charge is 2.33. The molecular formula is C17H14F3N3O2. The lowest BCUT2D eigenvalue weighted by Gasteiger charge is -2.37. The summed E-state index contributed by atoms with van der Waals surface area (Å²) in [5.41, 5.74) is 0.210. The zero-order valence-corrected chi connectivity index (χ0v) is 13.0. The molecule has 0 aliphatic carbocycles. The maximum atomic E-state index is 12.6. The zero-order valence-electron chi connectivity index (χ0n) is 13.0. The predicted octanol–water partition coefficient (Wildman–Crippen LogP) is 3.95. The molecular weight excluding hydrogens is 335 g/mol. The lowest BCUT2D eigenvalue weighted by Crippen LogP contribution is -2.44. The molecule has 1 aromatic carbocycles. The van der Waals surface area contributed by atoms with Crippen LogP contribution in [0.5, 0.6) is 0 Å². The molecule has 1 aliphatic rings. The summed E-state index contributed by atoms with van der Waals surface area (Å²) in [6, 6.07) is 8.75. The highest BCUT2D eigenvalue weighted by Crippen LogP contribution is 2.31. The van der Waals surface area contributed by atoms with Crippen LogP contribution in [0.3, 0.4) is 0 Å². The SMILES string of the molecule is FC(F)(F)c1ccc(CN2CC(c3nc(-c4ccco4)no3)C2)cc1. The maximum absolute atomic E-state index is 12.6. The summed E-state index contributed by atoms with van der Waals surface area (Å²) in [4.78, 5) is 6.45. The minimum atomic E-state index is -4.30. The van der Waals surface area contributed by atoms with Gasteiger partial charge in [-0.05, 0) is 29.8 Å². The number of benzene rings is 1. The van der Waals surface area contributed by atoms with Gasteiger partial charge in [-0.15, -0.1) is 0 Å². The van der Waals surface area contributed by atoms with Crippen molar-refractivity contribution < 1.29 is 22.1 Å². The molecule has 0 radical (unpaired) electrons. The zero-order chi connectivity index (χ0) is 17.4. The fraction of sp³-hybridized carbons (Fsp3) is 0.294. The molecule has 25 heavy (non-hydrogen) atoms. The van der Waals surface area contributed by atoms with E-state index in [1.54, 1.807) is 18.4 Å². The van der Waals surface area contributed by atoms with Crippen molar-refractivity contribution in [3.8, 4) is 11.6 Å². The molecule has 0 saturated carbocycles. The number of hydrogen-bond donors (Lipinski definition) is 0. The van der Waals surface area contributed by atoms with Crippen molar-refractivity contribution in [3.63, 3.8) is 0 Å². The van der Waals surface area contributed by atoms with Crippen LogP contribution >= 0.6 is 0 Å². The summed E-state index contributed by atoms with van der Waals surface area (Å²) in [5, 5.41) is 3.90. The number of likely N-dealkylation sites (tertiary alicyclic amines) is 1. The van der Waals surface area contributed by atoms with Crippen molar-refractivity contribution in [3.05, 3.63) is 59.7 Å². The Morgan fingerprint density at radius 3 is 2.52 bits per heavy atom. The van der Waals surface area contributed by atoms with E-state index >= 15 is 0 Å². The second-order valence-electron chi connectivity index (χ2n) is 6.02. The molecule has 4 rings (SSSR count). The summed E-state index contributed by atoms with van der Waals surface area (Å²) >= 11 is 0. The Labute approximate surface area is 141 Å². The van der Waals surface area contributed by atoms with E-state index in [0.29, 0.717) is 24.0 Å². The second kappa shape index (κ2) is 6.03. The summed E-state index contributed by atoms with van der Waals surface area (Å²) in [6.45, 7) is 2.04. The van der Waals surface area contributed by atoms with E-state index in [9.17, 15) is 13.2 Å². The highest BCUT2D eigenvalue weighted by atomic mass is 19.4. The van der Waals surface area contributed by atoms with E-state index in [1.165, 1.54) is 12.1 Å². The van der Waals surface area contributed by atoms with Crippen LogP contribution in [-0.4, -0.2) is 28.1 Å². The monoisotopic (exact) mass is 349 g/mol. The van der Waals surface area contributed by atoms with Crippen LogP contribution in [0.15, 0.2) is 51.6 Å². The van der Waals surface area contributed by atoms with Crippen molar-refractivity contribution in [2.45, 2.75) is 18.6 Å². The van der Waals surface area contributed by atoms with E-state index in [4.69, 9.17) is 8.94 Å². The Morgan fingerprint density at radius 2 is 1.88 bits per heavy atom. The lowest BCUT2D eigenvalue weighted by atomic mass is 9.99. The molecule has 0 bridgehead atoms. The van der Waals surface area contributed by atoms with Crippen LogP contribution in [0.2, 0.25) is 0 Å². The summed E-state index contributed by atoms with van der Waals surface area (Å²) in [6.07, 6.45) is -2.76. The second-order valence-corrected chi connectivity index (χ2v) is 6.02. The molecule has 0 spiro atoms. The van der Waals surface area contributed by atoms with Crippen LogP contribution < -0.4 is 0 Å². The molecule has 5 nitrogen and oxygen atoms in total. The molecule has 1 saturated heterocycles. The van der Waals surface area contributed by atoms with E-state index in [-0.39, 0.29) is 5.92 Å². The van der Waals surface area contributed by atoms with Gasteiger partial charge in [0.25, 0.3) is 0 Å². The fourth-order valence-corrected chi connectivity index (χ4v) is 2.82. The molecule has 8 heteroatoms. The highest BCUT2D eigenvalue weighted by molar-refractivity contribution is 5.44. The summed E-state index contributed by atoms with van der Waals surface area (Å²) in [7, 11) is 0. The Morgan fingerprint density at radius 1 is 1.12 bits per heavy atom. The Balaban J connectivity index is 1.33. The van der Waals surface area contributed by atoms with Crippen molar-refractivity contribution in [2.75, 3.05) is 13.1 Å². The standard InChI is InChI=1S/C17H14F3N3O2/c18-17(19,20)13-5-3-11(4-6-13)8-23-9-12(10-23)16-21-15(22-25-16)14-2-1-7-24-14/h1-7,12H,8-10H2. The Hall–Kier alpha value is -2.61. The molecule has 1 aliphatic heterocycles. The fourth-order valence-electron chi connectivity index (χ4n) is 2.82. The summed E-state index contributed by atoms with van der Waals surface area (Å²) < 4.78 is 48.2. The van der Waals surface area contributed by atoms with Gasteiger partial charge in [0.2, 0.25) is 11.7 Å². The number of furan rings is 1. The number of aromatic nitrogens is 2. The third kappa shape index (κ3) is 3.30. The molecule has 0 atom stereocenters. The molecule has 0 amide bonds. The molecule has 2 aromatic heterocycles. The van der Waals surface area contributed by atoms with Gasteiger partial charge in [-0.3, -0.25) is 4.90 Å². The van der Waals surface area contributed by atoms with Crippen LogP contribution in [-0.2, 0) is 12.7 Å². The smallest absolute Gasteiger partial charge is 0.416 e. The van der Waals surface area contributed by atoms with E-state index in [2.05, 4.69) is 15.0 Å². The lowest BCUT2D eigenvalue weighted by molar-refractivity contribution is -0.137. The number of hydrogen-bond acceptors (Lipinski definition) is 5. The summed E-state index contributed by atoms with van der Waals surface area (Å²) in [5.74, 6) is 1.65. The maximum Gasteiger partial charge on any atom is 0.416 e. The molecule has 3 heterocycles. The van der Waals surface area contributed by atoms with Crippen molar-refractivity contribution in [1.29, 1.82) is 0 Å². The van der Waals surface area contributed by atoms with Gasteiger partial charge in [0.05, 0.1) is 17.7 Å². The Kier molecular flexibility index (Phi) is 3.84. The number of alkyl halides is 3. The third-order valence-electron chi connectivity index (χ3n) is 4.18. The van der Waals surface area contributed by atoms with Gasteiger partial charge in [0.15, 0.2) is 5.76 Å². The van der Waals surface area contributed by atoms with E-state index < -0.39 is 11.7 Å². The van der Waals surface area contributed by atoms with Gasteiger partial charge in [0.1, 0.15) is 0 Å². The van der Waals surface area contributed by atoms with Gasteiger partial charge in [0, 0.05) is 19.6 Å². The quantitative estimate of drug-likeness (QED) is 0.714. The van der Waals surface area contributed by atoms with E-state index in [1.807, 2.05) is 0 Å². The first-order chi connectivity index (χ1) is 12.0. The number of nitrogens with zero attached hydrogens (tertiary/aromatic N) is 3. The minimum absolute atomic E-state index is 0.130. The van der Waals surface area contributed by atoms with Crippen LogP contribution in [0.25, 0.3) is 11.6 Å². The number of halogens is 3. The molecule has 0 N–H and O–H groups in total. The Bertz CT molecular complexity index is 835. The topological polar surface area (TPSA) is 55.3 Å². The normalized spacial score (nSPS) is 16.1. The van der Waals surface area contributed by atoms with Gasteiger partial charge >= 0.3 is 6.18 Å². The average Bonchev–Trinajstić information content (AvgIpc) is 3.21. The number of rotatable bonds is 4. The average molecular weight is 349 g/mol. The van der Waals surface area contributed by atoms with Crippen LogP contribution in [0.4, 0.5) is 13.2 Å². The van der Waals surface area contributed by atoms with Crippen molar-refractivity contribution in [1.82, 2.24) is 15.0 Å². The first-order valence-corrected chi connectivity index (χ1v) is 7.75. The predicted molar refractivity (Wildman–Crippen MR) is 81.5 cm³/mol. The van der Waals surface area contributed by atoms with Gasteiger partial charge in [-0.1, -0.05) is 17.3 Å². The third-order valence-corrected chi connectivity index (χ3v) is 4.18. The van der Waals surface area contributed by atoms with E-state index in [0.717, 1.165) is 30.8 Å². The van der Waals surface area contributed by atoms with Gasteiger partial charge in [-0.2, -0.15) is 18.2 Å².